The van der Waals surface area contributed by atoms with E-state index in [-0.39, 0.29) is 5.92 Å². The van der Waals surface area contributed by atoms with Crippen molar-refractivity contribution in [2.75, 3.05) is 46.9 Å². The van der Waals surface area contributed by atoms with Crippen LogP contribution in [0.25, 0.3) is 10.9 Å². The van der Waals surface area contributed by atoms with Gasteiger partial charge in [-0.3, -0.25) is 0 Å². The van der Waals surface area contributed by atoms with Crippen molar-refractivity contribution in [3.63, 3.8) is 0 Å². The number of aromatic nitrogens is 2. The van der Waals surface area contributed by atoms with E-state index in [1.54, 1.807) is 19.2 Å². The maximum Gasteiger partial charge on any atom is 0.358 e. The van der Waals surface area contributed by atoms with Crippen molar-refractivity contribution in [3.05, 3.63) is 52.7 Å². The fraction of sp³-hybridized carbons (Fsp3) is 0.548. The Morgan fingerprint density at radius 3 is 2.35 bits per heavy atom. The summed E-state index contributed by atoms with van der Waals surface area (Å²) < 4.78 is 10.9. The Kier molecular flexibility index (Phi) is 9.79. The van der Waals surface area contributed by atoms with E-state index < -0.39 is 0 Å². The molecule has 0 saturated heterocycles. The van der Waals surface area contributed by atoms with Gasteiger partial charge in [0.1, 0.15) is 17.4 Å². The van der Waals surface area contributed by atoms with Crippen LogP contribution < -0.4 is 19.7 Å². The third-order valence-electron chi connectivity index (χ3n) is 8.55. The first-order valence-corrected chi connectivity index (χ1v) is 14.2. The Balaban J connectivity index is 1.34. The number of rotatable bonds is 12. The molecule has 9 nitrogen and oxygen atoms in total. The van der Waals surface area contributed by atoms with Gasteiger partial charge in [-0.1, -0.05) is 26.0 Å². The fourth-order valence-electron chi connectivity index (χ4n) is 5.92. The largest absolute Gasteiger partial charge is 0.496 e. The van der Waals surface area contributed by atoms with Crippen molar-refractivity contribution >= 4 is 22.4 Å². The number of hydrogen-bond donors (Lipinski definition) is 1. The van der Waals surface area contributed by atoms with Crippen LogP contribution in [0.4, 0.5) is 11.5 Å². The standard InChI is InChI=1S/C31H44N5O4/c1-20(21(2)30-33-26-11-9-8-10-25(26)31(34-30)35(3)4)23-14-12-22(13-15-23)18-32-19-24-16-27(36(37)40-7)29(39-6)17-28(24)38-5/h8-11,16-17,20-23,32H,12-15,18-19H2,1-7H3/q+1. The van der Waals surface area contributed by atoms with Crippen molar-refractivity contribution < 1.29 is 19.2 Å². The Morgan fingerprint density at radius 2 is 1.70 bits per heavy atom. The van der Waals surface area contributed by atoms with Crippen LogP contribution in [0.15, 0.2) is 36.4 Å². The number of benzene rings is 2. The third-order valence-corrected chi connectivity index (χ3v) is 8.55. The Morgan fingerprint density at radius 1 is 1.00 bits per heavy atom. The number of ether oxygens (including phenoxy) is 2. The van der Waals surface area contributed by atoms with Crippen molar-refractivity contribution in [3.8, 4) is 11.5 Å². The SMILES string of the molecule is COc1cc(OC)c([N+](=O)OC)cc1CNCC1CCC(C(C)C(C)c2nc(N(C)C)c3ccccc3n2)CC1. The molecule has 2 atom stereocenters. The minimum absolute atomic E-state index is 0.285. The molecule has 1 heterocycles. The summed E-state index contributed by atoms with van der Waals surface area (Å²) in [5, 5.41) is 4.68. The molecule has 0 radical (unpaired) electrons. The summed E-state index contributed by atoms with van der Waals surface area (Å²) in [4.78, 5) is 29.5. The molecule has 40 heavy (non-hydrogen) atoms. The Hall–Kier alpha value is -3.46. The minimum Gasteiger partial charge on any atom is -0.496 e. The van der Waals surface area contributed by atoms with Crippen LogP contribution in [0.5, 0.6) is 11.5 Å². The topological polar surface area (TPSA) is 88.8 Å². The number of anilines is 1. The van der Waals surface area contributed by atoms with Gasteiger partial charge < -0.3 is 19.7 Å². The molecular weight excluding hydrogens is 506 g/mol. The van der Waals surface area contributed by atoms with E-state index in [4.69, 9.17) is 24.3 Å². The zero-order valence-electron chi connectivity index (χ0n) is 24.9. The zero-order valence-corrected chi connectivity index (χ0v) is 24.9. The van der Waals surface area contributed by atoms with Crippen molar-refractivity contribution in [2.45, 2.75) is 52.0 Å². The fourth-order valence-corrected chi connectivity index (χ4v) is 5.92. The lowest BCUT2D eigenvalue weighted by atomic mass is 9.72. The lowest BCUT2D eigenvalue weighted by Crippen LogP contribution is -2.29. The molecule has 2 aromatic carbocycles. The number of nitrogens with one attached hydrogen (secondary N) is 1. The molecule has 1 fully saturated rings. The van der Waals surface area contributed by atoms with Gasteiger partial charge in [0.2, 0.25) is 5.75 Å². The summed E-state index contributed by atoms with van der Waals surface area (Å²) in [6.45, 7) is 6.17. The quantitative estimate of drug-likeness (QED) is 0.274. The number of methoxy groups -OCH3 is 2. The molecule has 1 N–H and O–H groups in total. The number of fused-ring (bicyclic) bond motifs is 1. The van der Waals surface area contributed by atoms with Crippen molar-refractivity contribution in [2.24, 2.45) is 17.8 Å². The smallest absolute Gasteiger partial charge is 0.358 e. The van der Waals surface area contributed by atoms with E-state index in [0.29, 0.717) is 46.4 Å². The first-order valence-electron chi connectivity index (χ1n) is 14.2. The molecule has 1 aliphatic rings. The molecule has 0 spiro atoms. The van der Waals surface area contributed by atoms with E-state index in [1.165, 1.54) is 39.9 Å². The molecule has 2 unspecified atom stereocenters. The highest BCUT2D eigenvalue weighted by Crippen LogP contribution is 2.40. The minimum atomic E-state index is 0.285. The summed E-state index contributed by atoms with van der Waals surface area (Å²) >= 11 is 0. The van der Waals surface area contributed by atoms with Crippen LogP contribution in [0.1, 0.15) is 56.8 Å². The van der Waals surface area contributed by atoms with Crippen LogP contribution in [0.3, 0.4) is 0 Å². The highest BCUT2D eigenvalue weighted by Gasteiger charge is 2.31. The second-order valence-electron chi connectivity index (χ2n) is 11.2. The van der Waals surface area contributed by atoms with Gasteiger partial charge in [-0.15, -0.1) is 0 Å². The lowest BCUT2D eigenvalue weighted by Gasteiger charge is -2.35. The molecule has 9 heteroatoms. The Labute approximate surface area is 237 Å². The second-order valence-corrected chi connectivity index (χ2v) is 11.2. The van der Waals surface area contributed by atoms with E-state index in [1.807, 2.05) is 26.2 Å². The van der Waals surface area contributed by atoms with Gasteiger partial charge in [0.25, 0.3) is 4.92 Å². The molecule has 3 aromatic rings. The molecule has 1 aliphatic carbocycles. The molecule has 0 amide bonds. The maximum atomic E-state index is 12.1. The number of para-hydroxylation sites is 1. The van der Waals surface area contributed by atoms with Gasteiger partial charge in [-0.2, -0.15) is 0 Å². The van der Waals surface area contributed by atoms with Crippen LogP contribution in [0, 0.1) is 22.7 Å². The maximum absolute atomic E-state index is 12.1. The highest BCUT2D eigenvalue weighted by atomic mass is 16.8. The molecule has 1 aromatic heterocycles. The van der Waals surface area contributed by atoms with E-state index in [0.717, 1.165) is 34.7 Å². The Bertz CT molecular complexity index is 1310. The van der Waals surface area contributed by atoms with E-state index >= 15 is 0 Å². The van der Waals surface area contributed by atoms with Crippen LogP contribution in [-0.2, 0) is 11.4 Å². The third kappa shape index (κ3) is 6.46. The van der Waals surface area contributed by atoms with Gasteiger partial charge in [0.05, 0.1) is 24.6 Å². The predicted octanol–water partition coefficient (Wildman–Crippen LogP) is 6.02. The molecule has 4 rings (SSSR count). The molecular formula is C31H44N5O4+. The lowest BCUT2D eigenvalue weighted by molar-refractivity contribution is -0.736. The number of nitrogens with zero attached hydrogens (tertiary/aromatic N) is 4. The van der Waals surface area contributed by atoms with Gasteiger partial charge in [-0.25, -0.2) is 14.8 Å². The van der Waals surface area contributed by atoms with Crippen molar-refractivity contribution in [1.82, 2.24) is 15.3 Å². The second kappa shape index (κ2) is 13.3. The normalized spacial score (nSPS) is 18.7. The zero-order chi connectivity index (χ0) is 28.8. The van der Waals surface area contributed by atoms with Gasteiger partial charge in [0, 0.05) is 49.6 Å². The van der Waals surface area contributed by atoms with Crippen molar-refractivity contribution in [1.29, 1.82) is 0 Å². The average molecular weight is 551 g/mol. The summed E-state index contributed by atoms with van der Waals surface area (Å²) in [6.07, 6.45) is 4.81. The van der Waals surface area contributed by atoms with E-state index in [2.05, 4.69) is 36.2 Å². The van der Waals surface area contributed by atoms with Gasteiger partial charge in [0.15, 0.2) is 7.11 Å². The summed E-state index contributed by atoms with van der Waals surface area (Å²) in [6, 6.07) is 11.8. The molecule has 0 aliphatic heterocycles. The first kappa shape index (κ1) is 29.5. The van der Waals surface area contributed by atoms with Gasteiger partial charge >= 0.3 is 5.69 Å². The first-order chi connectivity index (χ1) is 19.3. The summed E-state index contributed by atoms with van der Waals surface area (Å²) in [5.41, 5.74) is 2.22. The van der Waals surface area contributed by atoms with Crippen LogP contribution in [0.2, 0.25) is 0 Å². The van der Waals surface area contributed by atoms with Crippen LogP contribution >= 0.6 is 0 Å². The molecule has 1 saturated carbocycles. The highest BCUT2D eigenvalue weighted by molar-refractivity contribution is 5.89. The van der Waals surface area contributed by atoms with E-state index in [9.17, 15) is 4.91 Å². The summed E-state index contributed by atoms with van der Waals surface area (Å²) in [5.74, 6) is 5.08. The average Bonchev–Trinajstić information content (AvgIpc) is 2.99. The summed E-state index contributed by atoms with van der Waals surface area (Å²) in [7, 11) is 8.57. The predicted molar refractivity (Wildman–Crippen MR) is 158 cm³/mol. The monoisotopic (exact) mass is 550 g/mol. The van der Waals surface area contributed by atoms with Gasteiger partial charge in [-0.05, 0) is 62.1 Å². The van der Waals surface area contributed by atoms with Crippen LogP contribution in [-0.4, -0.2) is 56.9 Å². The molecule has 216 valence electrons. The number of hydrogen-bond acceptors (Lipinski definition) is 8. The molecule has 0 bridgehead atoms.